The molecule has 0 radical (unpaired) electrons. The lowest BCUT2D eigenvalue weighted by atomic mass is 9.84. The molecule has 1 aromatic carbocycles. The Morgan fingerprint density at radius 3 is 2.53 bits per heavy atom. The first-order valence-electron chi connectivity index (χ1n) is 6.94. The van der Waals surface area contributed by atoms with E-state index < -0.39 is 0 Å². The van der Waals surface area contributed by atoms with Crippen molar-refractivity contribution in [1.29, 1.82) is 0 Å². The van der Waals surface area contributed by atoms with Crippen LogP contribution in [0.15, 0.2) is 35.3 Å². The lowest BCUT2D eigenvalue weighted by Gasteiger charge is -2.43. The number of nitrogens with two attached hydrogens (primary N) is 1. The fraction of sp³-hybridized carbons (Fsp3) is 0.500. The first-order valence-corrected chi connectivity index (χ1v) is 6.94. The van der Waals surface area contributed by atoms with Crippen LogP contribution in [0.3, 0.4) is 0 Å². The van der Waals surface area contributed by atoms with Gasteiger partial charge in [-0.2, -0.15) is 0 Å². The zero-order valence-corrected chi connectivity index (χ0v) is 11.0. The molecule has 2 bridgehead atoms. The van der Waals surface area contributed by atoms with Gasteiger partial charge in [0, 0.05) is 12.2 Å². The topological polar surface area (TPSA) is 65.7 Å². The van der Waals surface area contributed by atoms with E-state index in [9.17, 15) is 0 Å². The van der Waals surface area contributed by atoms with Crippen molar-refractivity contribution in [3.05, 3.63) is 30.3 Å². The highest BCUT2D eigenvalue weighted by atomic mass is 15.3. The summed E-state index contributed by atoms with van der Waals surface area (Å²) in [6.45, 7) is 3.52. The lowest BCUT2D eigenvalue weighted by molar-refractivity contribution is 0.0905. The van der Waals surface area contributed by atoms with Crippen LogP contribution in [0.1, 0.15) is 12.8 Å². The fourth-order valence-electron chi connectivity index (χ4n) is 3.01. The third kappa shape index (κ3) is 2.88. The molecule has 3 aliphatic heterocycles. The van der Waals surface area contributed by atoms with Crippen LogP contribution in [0, 0.1) is 5.92 Å². The van der Waals surface area contributed by atoms with E-state index in [1.807, 2.05) is 30.3 Å². The Labute approximate surface area is 113 Å². The van der Waals surface area contributed by atoms with E-state index in [0.717, 1.165) is 12.2 Å². The molecule has 1 unspecified atom stereocenters. The third-order valence-electron chi connectivity index (χ3n) is 4.09. The molecule has 4 rings (SSSR count). The molecule has 0 amide bonds. The largest absolute Gasteiger partial charge is 0.325 e. The molecule has 0 spiro atoms. The molecule has 5 heteroatoms. The molecule has 0 aliphatic carbocycles. The number of hydrogen-bond acceptors (Lipinski definition) is 3. The van der Waals surface area contributed by atoms with E-state index in [0.29, 0.717) is 17.9 Å². The zero-order valence-electron chi connectivity index (χ0n) is 11.0. The third-order valence-corrected chi connectivity index (χ3v) is 4.09. The van der Waals surface area contributed by atoms with Crippen molar-refractivity contribution >= 4 is 11.6 Å². The van der Waals surface area contributed by atoms with E-state index in [4.69, 9.17) is 10.8 Å². The predicted molar refractivity (Wildman–Crippen MR) is 77.8 cm³/mol. The minimum absolute atomic E-state index is 0.366. The van der Waals surface area contributed by atoms with Gasteiger partial charge < -0.3 is 10.2 Å². The summed E-state index contributed by atoms with van der Waals surface area (Å²) in [6.07, 6.45) is 2.52. The predicted octanol–water partition coefficient (Wildman–Crippen LogP) is 1.01. The summed E-state index contributed by atoms with van der Waals surface area (Å²) < 4.78 is 0. The summed E-state index contributed by atoms with van der Waals surface area (Å²) in [7, 11) is 0. The smallest absolute Gasteiger partial charge is 0.210 e. The van der Waals surface area contributed by atoms with E-state index in [1.54, 1.807) is 0 Å². The maximum absolute atomic E-state index is 5.58. The Hall–Kier alpha value is -1.59. The van der Waals surface area contributed by atoms with Crippen LogP contribution in [0.2, 0.25) is 0 Å². The molecule has 5 nitrogen and oxygen atoms in total. The molecule has 0 aromatic heterocycles. The van der Waals surface area contributed by atoms with Gasteiger partial charge in [-0.1, -0.05) is 18.2 Å². The summed E-state index contributed by atoms with van der Waals surface area (Å²) >= 11 is 0. The minimum Gasteiger partial charge on any atom is -0.325 e. The molecular weight excluding hydrogens is 238 g/mol. The molecule has 3 fully saturated rings. The summed E-state index contributed by atoms with van der Waals surface area (Å²) in [4.78, 5) is 7.25. The van der Waals surface area contributed by atoms with Crippen molar-refractivity contribution in [1.82, 2.24) is 10.3 Å². The van der Waals surface area contributed by atoms with E-state index in [1.165, 1.54) is 25.9 Å². The SMILES string of the molecule is NNC(=NC1CN2CCC1CC2)Nc1ccccc1. The monoisotopic (exact) mass is 259 g/mol. The number of fused-ring (bicyclic) bond motifs is 3. The van der Waals surface area contributed by atoms with Gasteiger partial charge in [0.1, 0.15) is 0 Å². The van der Waals surface area contributed by atoms with E-state index in [-0.39, 0.29) is 0 Å². The summed E-state index contributed by atoms with van der Waals surface area (Å²) in [5.74, 6) is 6.95. The molecule has 19 heavy (non-hydrogen) atoms. The van der Waals surface area contributed by atoms with Crippen molar-refractivity contribution in [3.8, 4) is 0 Å². The quantitative estimate of drug-likeness (QED) is 0.321. The fourth-order valence-corrected chi connectivity index (χ4v) is 3.01. The van der Waals surface area contributed by atoms with E-state index in [2.05, 4.69) is 15.6 Å². The Balaban J connectivity index is 1.69. The summed E-state index contributed by atoms with van der Waals surface area (Å²) in [5, 5.41) is 3.23. The highest BCUT2D eigenvalue weighted by Crippen LogP contribution is 2.29. The lowest BCUT2D eigenvalue weighted by Crippen LogP contribution is -2.51. The Kier molecular flexibility index (Phi) is 3.66. The van der Waals surface area contributed by atoms with Crippen molar-refractivity contribution in [3.63, 3.8) is 0 Å². The molecular formula is C14H21N5. The summed E-state index contributed by atoms with van der Waals surface area (Å²) in [5.41, 5.74) is 3.68. The van der Waals surface area contributed by atoms with Crippen LogP contribution in [-0.2, 0) is 0 Å². The van der Waals surface area contributed by atoms with Gasteiger partial charge in [-0.25, -0.2) is 10.8 Å². The molecule has 3 aliphatic rings. The van der Waals surface area contributed by atoms with Crippen LogP contribution >= 0.6 is 0 Å². The van der Waals surface area contributed by atoms with Gasteiger partial charge >= 0.3 is 0 Å². The van der Waals surface area contributed by atoms with Crippen molar-refractivity contribution in [2.45, 2.75) is 18.9 Å². The van der Waals surface area contributed by atoms with Crippen molar-refractivity contribution < 1.29 is 0 Å². The number of para-hydroxylation sites is 1. The van der Waals surface area contributed by atoms with Crippen LogP contribution in [0.5, 0.6) is 0 Å². The van der Waals surface area contributed by atoms with Gasteiger partial charge in [0.2, 0.25) is 5.96 Å². The van der Waals surface area contributed by atoms with Gasteiger partial charge in [0.05, 0.1) is 6.04 Å². The first-order chi connectivity index (χ1) is 9.35. The van der Waals surface area contributed by atoms with Crippen LogP contribution < -0.4 is 16.6 Å². The number of piperidine rings is 3. The summed E-state index contributed by atoms with van der Waals surface area (Å²) in [6, 6.07) is 10.3. The first kappa shape index (κ1) is 12.4. The molecule has 102 valence electrons. The Morgan fingerprint density at radius 2 is 1.95 bits per heavy atom. The van der Waals surface area contributed by atoms with Crippen molar-refractivity contribution in [2.24, 2.45) is 16.8 Å². The number of nitrogens with one attached hydrogen (secondary N) is 2. The average Bonchev–Trinajstić information content (AvgIpc) is 2.49. The van der Waals surface area contributed by atoms with Gasteiger partial charge in [-0.15, -0.1) is 0 Å². The van der Waals surface area contributed by atoms with E-state index >= 15 is 0 Å². The van der Waals surface area contributed by atoms with Crippen LogP contribution in [-0.4, -0.2) is 36.5 Å². The maximum atomic E-state index is 5.58. The van der Waals surface area contributed by atoms with Crippen LogP contribution in [0.4, 0.5) is 5.69 Å². The molecule has 4 N–H and O–H groups in total. The Bertz CT molecular complexity index is 436. The number of aliphatic imine (C=N–C) groups is 1. The van der Waals surface area contributed by atoms with Gasteiger partial charge in [-0.3, -0.25) is 5.43 Å². The molecule has 0 saturated carbocycles. The number of guanidine groups is 1. The van der Waals surface area contributed by atoms with Crippen LogP contribution in [0.25, 0.3) is 0 Å². The standard InChI is InChI=1S/C14H21N5/c15-18-14(16-12-4-2-1-3-5-12)17-13-10-19-8-6-11(13)7-9-19/h1-5,11,13H,6-10,15H2,(H2,16,17,18). The normalized spacial score (nSPS) is 30.2. The number of rotatable bonds is 2. The molecule has 1 aromatic rings. The second kappa shape index (κ2) is 5.59. The number of nitrogens with zero attached hydrogens (tertiary/aromatic N) is 2. The van der Waals surface area contributed by atoms with Gasteiger partial charge in [-0.05, 0) is 44.0 Å². The zero-order chi connectivity index (χ0) is 13.1. The molecule has 3 heterocycles. The number of anilines is 1. The van der Waals surface area contributed by atoms with Gasteiger partial charge in [0.15, 0.2) is 0 Å². The minimum atomic E-state index is 0.366. The van der Waals surface area contributed by atoms with Gasteiger partial charge in [0.25, 0.3) is 0 Å². The molecule has 3 saturated heterocycles. The second-order valence-electron chi connectivity index (χ2n) is 5.32. The highest BCUT2D eigenvalue weighted by molar-refractivity contribution is 5.93. The maximum Gasteiger partial charge on any atom is 0.210 e. The number of hydrazine groups is 1. The Morgan fingerprint density at radius 1 is 1.21 bits per heavy atom. The second-order valence-corrected chi connectivity index (χ2v) is 5.32. The number of hydrogen-bond donors (Lipinski definition) is 3. The molecule has 1 atom stereocenters. The van der Waals surface area contributed by atoms with Crippen molar-refractivity contribution in [2.75, 3.05) is 25.0 Å². The highest BCUT2D eigenvalue weighted by Gasteiger charge is 2.34. The number of benzene rings is 1. The average molecular weight is 259 g/mol.